The summed E-state index contributed by atoms with van der Waals surface area (Å²) in [6.07, 6.45) is 7.15. The first-order chi connectivity index (χ1) is 14.7. The van der Waals surface area contributed by atoms with Gasteiger partial charge in [-0.3, -0.25) is 4.79 Å². The lowest BCUT2D eigenvalue weighted by Crippen LogP contribution is -2.31. The molecule has 7 nitrogen and oxygen atoms in total. The van der Waals surface area contributed by atoms with Crippen molar-refractivity contribution in [1.82, 2.24) is 19.7 Å². The third-order valence-corrected chi connectivity index (χ3v) is 5.92. The second-order valence-electron chi connectivity index (χ2n) is 7.94. The fraction of sp³-hybridized carbons (Fsp3) is 0.391. The number of hydrogen-bond donors (Lipinski definition) is 0. The Morgan fingerprint density at radius 3 is 2.80 bits per heavy atom. The van der Waals surface area contributed by atoms with E-state index in [0.717, 1.165) is 65.7 Å². The maximum atomic E-state index is 12.7. The molecule has 3 aromatic rings. The number of piperidine rings is 1. The van der Waals surface area contributed by atoms with E-state index in [0.29, 0.717) is 6.54 Å². The molecule has 0 saturated carbocycles. The number of rotatable bonds is 4. The van der Waals surface area contributed by atoms with E-state index in [1.807, 2.05) is 30.5 Å². The molecule has 2 aromatic heterocycles. The van der Waals surface area contributed by atoms with Gasteiger partial charge in [0, 0.05) is 30.9 Å². The molecule has 1 aliphatic carbocycles. The Bertz CT molecular complexity index is 1130. The van der Waals surface area contributed by atoms with Crippen molar-refractivity contribution in [3.05, 3.63) is 63.7 Å². The van der Waals surface area contributed by atoms with E-state index < -0.39 is 0 Å². The van der Waals surface area contributed by atoms with Crippen LogP contribution in [-0.2, 0) is 19.4 Å². The molecule has 0 unspecified atom stereocenters. The zero-order chi connectivity index (χ0) is 20.5. The fourth-order valence-corrected chi connectivity index (χ4v) is 4.29. The molecule has 0 amide bonds. The van der Waals surface area contributed by atoms with Crippen LogP contribution in [0.2, 0.25) is 0 Å². The Morgan fingerprint density at radius 2 is 1.97 bits per heavy atom. The summed E-state index contributed by atoms with van der Waals surface area (Å²) in [5.74, 6) is 1.59. The van der Waals surface area contributed by atoms with Crippen molar-refractivity contribution in [3.8, 4) is 17.0 Å². The minimum absolute atomic E-state index is 0.0918. The van der Waals surface area contributed by atoms with E-state index >= 15 is 0 Å². The minimum atomic E-state index is -0.0918. The highest BCUT2D eigenvalue weighted by Gasteiger charge is 2.23. The van der Waals surface area contributed by atoms with Gasteiger partial charge in [0.2, 0.25) is 5.95 Å². The van der Waals surface area contributed by atoms with Crippen molar-refractivity contribution < 1.29 is 4.74 Å². The Morgan fingerprint density at radius 1 is 1.10 bits per heavy atom. The van der Waals surface area contributed by atoms with Crippen molar-refractivity contribution in [2.45, 2.75) is 38.6 Å². The van der Waals surface area contributed by atoms with Crippen LogP contribution in [0, 0.1) is 0 Å². The number of anilines is 1. The Labute approximate surface area is 175 Å². The highest BCUT2D eigenvalue weighted by atomic mass is 16.5. The van der Waals surface area contributed by atoms with Gasteiger partial charge in [0.05, 0.1) is 25.0 Å². The smallest absolute Gasteiger partial charge is 0.267 e. The molecule has 5 rings (SSSR count). The number of ether oxygens (including phenoxy) is 1. The van der Waals surface area contributed by atoms with Gasteiger partial charge in [-0.25, -0.2) is 14.6 Å². The fourth-order valence-electron chi connectivity index (χ4n) is 4.29. The number of hydrogen-bond acceptors (Lipinski definition) is 6. The second-order valence-corrected chi connectivity index (χ2v) is 7.94. The quantitative estimate of drug-likeness (QED) is 0.667. The second kappa shape index (κ2) is 7.89. The number of methoxy groups -OCH3 is 1. The molecule has 1 aromatic carbocycles. The van der Waals surface area contributed by atoms with Gasteiger partial charge in [-0.2, -0.15) is 5.10 Å². The number of fused-ring (bicyclic) bond motifs is 3. The number of nitrogens with zero attached hydrogens (tertiary/aromatic N) is 5. The summed E-state index contributed by atoms with van der Waals surface area (Å²) >= 11 is 0. The predicted octanol–water partition coefficient (Wildman–Crippen LogP) is 2.85. The molecule has 154 valence electrons. The predicted molar refractivity (Wildman–Crippen MR) is 115 cm³/mol. The zero-order valence-corrected chi connectivity index (χ0v) is 17.2. The van der Waals surface area contributed by atoms with Gasteiger partial charge in [-0.15, -0.1) is 0 Å². The lowest BCUT2D eigenvalue weighted by molar-refractivity contribution is 0.414. The molecular formula is C23H25N5O2. The molecule has 1 saturated heterocycles. The molecule has 1 aliphatic heterocycles. The normalized spacial score (nSPS) is 15.4. The Hall–Kier alpha value is -3.22. The van der Waals surface area contributed by atoms with Crippen LogP contribution in [0.1, 0.15) is 36.1 Å². The number of aromatic nitrogens is 4. The van der Waals surface area contributed by atoms with E-state index in [2.05, 4.69) is 9.88 Å². The lowest BCUT2D eigenvalue weighted by atomic mass is 9.94. The van der Waals surface area contributed by atoms with Crippen LogP contribution < -0.4 is 15.2 Å². The number of aryl methyl sites for hydroxylation is 2. The third kappa shape index (κ3) is 3.56. The van der Waals surface area contributed by atoms with Gasteiger partial charge in [0.15, 0.2) is 0 Å². The van der Waals surface area contributed by atoms with Crippen LogP contribution in [-0.4, -0.2) is 39.9 Å². The van der Waals surface area contributed by atoms with Crippen molar-refractivity contribution in [2.24, 2.45) is 0 Å². The SMILES string of the molecule is COc1cccc(Cn2nc3c(cc2=O)CCc2nc(N4CCCCC4)ncc2-3)c1. The summed E-state index contributed by atoms with van der Waals surface area (Å²) in [6.45, 7) is 2.44. The Kier molecular flexibility index (Phi) is 4.94. The highest BCUT2D eigenvalue weighted by molar-refractivity contribution is 5.67. The summed E-state index contributed by atoms with van der Waals surface area (Å²) in [7, 11) is 1.64. The van der Waals surface area contributed by atoms with Crippen molar-refractivity contribution in [1.29, 1.82) is 0 Å². The third-order valence-electron chi connectivity index (χ3n) is 5.92. The van der Waals surface area contributed by atoms with Crippen molar-refractivity contribution in [3.63, 3.8) is 0 Å². The largest absolute Gasteiger partial charge is 0.497 e. The average molecular weight is 403 g/mol. The maximum Gasteiger partial charge on any atom is 0.267 e. The van der Waals surface area contributed by atoms with Crippen LogP contribution in [0.15, 0.2) is 41.3 Å². The maximum absolute atomic E-state index is 12.7. The summed E-state index contributed by atoms with van der Waals surface area (Å²) < 4.78 is 6.81. The van der Waals surface area contributed by atoms with Gasteiger partial charge in [-0.05, 0) is 55.4 Å². The van der Waals surface area contributed by atoms with Crippen LogP contribution in [0.5, 0.6) is 5.75 Å². The molecule has 0 N–H and O–H groups in total. The minimum Gasteiger partial charge on any atom is -0.497 e. The molecule has 2 aliphatic rings. The highest BCUT2D eigenvalue weighted by Crippen LogP contribution is 2.31. The summed E-state index contributed by atoms with van der Waals surface area (Å²) in [4.78, 5) is 24.4. The van der Waals surface area contributed by atoms with Gasteiger partial charge < -0.3 is 9.64 Å². The van der Waals surface area contributed by atoms with Crippen molar-refractivity contribution >= 4 is 5.95 Å². The van der Waals surface area contributed by atoms with Gasteiger partial charge >= 0.3 is 0 Å². The first-order valence-electron chi connectivity index (χ1n) is 10.6. The molecule has 0 atom stereocenters. The molecule has 7 heteroatoms. The summed E-state index contributed by atoms with van der Waals surface area (Å²) in [6, 6.07) is 9.42. The van der Waals surface area contributed by atoms with E-state index in [-0.39, 0.29) is 5.56 Å². The van der Waals surface area contributed by atoms with Crippen LogP contribution in [0.25, 0.3) is 11.3 Å². The average Bonchev–Trinajstić information content (AvgIpc) is 2.80. The van der Waals surface area contributed by atoms with E-state index in [4.69, 9.17) is 14.8 Å². The molecule has 30 heavy (non-hydrogen) atoms. The molecule has 0 bridgehead atoms. The molecule has 3 heterocycles. The summed E-state index contributed by atoms with van der Waals surface area (Å²) in [5.41, 5.74) is 4.64. The monoisotopic (exact) mass is 403 g/mol. The van der Waals surface area contributed by atoms with E-state index in [1.165, 1.54) is 23.9 Å². The first-order valence-corrected chi connectivity index (χ1v) is 10.6. The molecular weight excluding hydrogens is 378 g/mol. The van der Waals surface area contributed by atoms with Crippen molar-refractivity contribution in [2.75, 3.05) is 25.1 Å². The molecule has 0 spiro atoms. The molecule has 1 fully saturated rings. The first kappa shape index (κ1) is 18.8. The van der Waals surface area contributed by atoms with Crippen LogP contribution >= 0.6 is 0 Å². The van der Waals surface area contributed by atoms with Gasteiger partial charge in [0.25, 0.3) is 5.56 Å². The van der Waals surface area contributed by atoms with Gasteiger partial charge in [0.1, 0.15) is 5.75 Å². The van der Waals surface area contributed by atoms with Crippen LogP contribution in [0.4, 0.5) is 5.95 Å². The van der Waals surface area contributed by atoms with Crippen LogP contribution in [0.3, 0.4) is 0 Å². The number of benzene rings is 1. The van der Waals surface area contributed by atoms with Gasteiger partial charge in [-0.1, -0.05) is 12.1 Å². The van der Waals surface area contributed by atoms with E-state index in [9.17, 15) is 4.79 Å². The molecule has 0 radical (unpaired) electrons. The zero-order valence-electron chi connectivity index (χ0n) is 17.2. The standard InChI is InChI=1S/C23H25N5O2/c1-30-18-7-5-6-16(12-18)15-28-21(29)13-17-8-9-20-19(22(17)26-28)14-24-23(25-20)27-10-3-2-4-11-27/h5-7,12-14H,2-4,8-11,15H2,1H3. The topological polar surface area (TPSA) is 73.1 Å². The summed E-state index contributed by atoms with van der Waals surface area (Å²) in [5, 5.41) is 4.72. The Balaban J connectivity index is 1.49. The lowest BCUT2D eigenvalue weighted by Gasteiger charge is -2.28. The van der Waals surface area contributed by atoms with E-state index in [1.54, 1.807) is 13.2 Å².